The summed E-state index contributed by atoms with van der Waals surface area (Å²) in [6, 6.07) is 12.3. The minimum Gasteiger partial charge on any atom is -0.334 e. The lowest BCUT2D eigenvalue weighted by atomic mass is 10.1. The monoisotopic (exact) mass is 351 g/mol. The van der Waals surface area contributed by atoms with Crippen molar-refractivity contribution in [3.05, 3.63) is 65.2 Å². The van der Waals surface area contributed by atoms with Gasteiger partial charge in [0.05, 0.1) is 0 Å². The molecule has 26 heavy (non-hydrogen) atoms. The van der Waals surface area contributed by atoms with Crippen molar-refractivity contribution in [1.29, 1.82) is 0 Å². The lowest BCUT2D eigenvalue weighted by molar-refractivity contribution is -0.117. The average Bonchev–Trinajstić information content (AvgIpc) is 3.24. The fourth-order valence-electron chi connectivity index (χ4n) is 3.28. The smallest absolute Gasteiger partial charge is 0.257 e. The van der Waals surface area contributed by atoms with E-state index in [1.54, 1.807) is 11.0 Å². The van der Waals surface area contributed by atoms with E-state index in [2.05, 4.69) is 10.1 Å². The van der Waals surface area contributed by atoms with E-state index in [-0.39, 0.29) is 24.1 Å². The Balaban J connectivity index is 1.59. The number of benzene rings is 2. The molecule has 4 rings (SSSR count). The topological polar surface area (TPSA) is 59.2 Å². The summed E-state index contributed by atoms with van der Waals surface area (Å²) in [5.74, 6) is 0.351. The molecule has 0 aliphatic carbocycles. The number of hydrogen-bond donors (Lipinski definition) is 0. The molecule has 3 aromatic rings. The summed E-state index contributed by atoms with van der Waals surface area (Å²) in [4.78, 5) is 18.5. The number of aryl methyl sites for hydroxylation is 2. The first-order valence-electron chi connectivity index (χ1n) is 8.48. The van der Waals surface area contributed by atoms with Crippen LogP contribution in [0.25, 0.3) is 11.5 Å². The Morgan fingerprint density at radius 2 is 2.04 bits per heavy atom. The largest absolute Gasteiger partial charge is 0.334 e. The normalized spacial score (nSPS) is 17.1. The van der Waals surface area contributed by atoms with Crippen LogP contribution in [0.1, 0.15) is 29.3 Å². The Hall–Kier alpha value is -3.02. The van der Waals surface area contributed by atoms with Crippen LogP contribution in [0.15, 0.2) is 47.0 Å². The third-order valence-corrected chi connectivity index (χ3v) is 4.66. The molecular weight excluding hydrogens is 333 g/mol. The zero-order valence-electron chi connectivity index (χ0n) is 14.6. The Morgan fingerprint density at radius 1 is 1.19 bits per heavy atom. The van der Waals surface area contributed by atoms with Gasteiger partial charge in [-0.2, -0.15) is 4.98 Å². The predicted octanol–water partition coefficient (Wildman–Crippen LogP) is 4.01. The van der Waals surface area contributed by atoms with Gasteiger partial charge in [-0.25, -0.2) is 4.39 Å². The van der Waals surface area contributed by atoms with E-state index in [0.717, 1.165) is 16.7 Å². The first kappa shape index (κ1) is 16.4. The van der Waals surface area contributed by atoms with E-state index in [0.29, 0.717) is 23.9 Å². The fourth-order valence-corrected chi connectivity index (χ4v) is 3.28. The molecule has 1 atom stereocenters. The van der Waals surface area contributed by atoms with Gasteiger partial charge >= 0.3 is 0 Å². The number of halogens is 1. The maximum Gasteiger partial charge on any atom is 0.257 e. The van der Waals surface area contributed by atoms with Crippen molar-refractivity contribution < 1.29 is 13.7 Å². The molecule has 2 heterocycles. The summed E-state index contributed by atoms with van der Waals surface area (Å²) in [7, 11) is 0. The highest BCUT2D eigenvalue weighted by Crippen LogP contribution is 2.33. The summed E-state index contributed by atoms with van der Waals surface area (Å²) in [6.07, 6.45) is 0.281. The van der Waals surface area contributed by atoms with Crippen molar-refractivity contribution in [2.24, 2.45) is 0 Å². The van der Waals surface area contributed by atoms with E-state index in [4.69, 9.17) is 4.52 Å². The van der Waals surface area contributed by atoms with Crippen molar-refractivity contribution in [2.45, 2.75) is 26.2 Å². The van der Waals surface area contributed by atoms with Gasteiger partial charge in [0.1, 0.15) is 5.82 Å². The molecule has 0 spiro atoms. The molecule has 5 nitrogen and oxygen atoms in total. The zero-order valence-corrected chi connectivity index (χ0v) is 14.6. The van der Waals surface area contributed by atoms with Gasteiger partial charge in [-0.05, 0) is 43.7 Å². The van der Waals surface area contributed by atoms with E-state index < -0.39 is 0 Å². The quantitative estimate of drug-likeness (QED) is 0.715. The van der Waals surface area contributed by atoms with E-state index in [1.165, 1.54) is 12.1 Å². The molecule has 2 aromatic carbocycles. The van der Waals surface area contributed by atoms with Gasteiger partial charge in [-0.15, -0.1) is 0 Å². The van der Waals surface area contributed by atoms with Gasteiger partial charge in [0.2, 0.25) is 5.91 Å². The van der Waals surface area contributed by atoms with Crippen molar-refractivity contribution in [2.75, 3.05) is 11.4 Å². The molecule has 1 saturated heterocycles. The Bertz CT molecular complexity index is 983. The highest BCUT2D eigenvalue weighted by atomic mass is 19.1. The van der Waals surface area contributed by atoms with E-state index >= 15 is 0 Å². The summed E-state index contributed by atoms with van der Waals surface area (Å²) in [5.41, 5.74) is 3.41. The van der Waals surface area contributed by atoms with Gasteiger partial charge in [0.15, 0.2) is 5.82 Å². The first-order chi connectivity index (χ1) is 12.5. The maximum absolute atomic E-state index is 13.6. The number of amides is 1. The highest BCUT2D eigenvalue weighted by Gasteiger charge is 2.35. The lowest BCUT2D eigenvalue weighted by Gasteiger charge is -2.18. The van der Waals surface area contributed by atoms with Crippen LogP contribution >= 0.6 is 0 Å². The molecule has 0 saturated carbocycles. The van der Waals surface area contributed by atoms with Gasteiger partial charge in [0, 0.05) is 30.1 Å². The van der Waals surface area contributed by atoms with E-state index in [1.807, 2.05) is 38.1 Å². The SMILES string of the molecule is Cc1cccc(-c2nc(C3CC(=O)N(c4cc(F)ccc4C)C3)no2)c1. The number of hydrogen-bond acceptors (Lipinski definition) is 4. The van der Waals surface area contributed by atoms with Crippen LogP contribution in [0, 0.1) is 19.7 Å². The zero-order chi connectivity index (χ0) is 18.3. The second kappa shape index (κ2) is 6.37. The number of carbonyl (C=O) groups excluding carboxylic acids is 1. The molecule has 1 unspecified atom stereocenters. The Kier molecular flexibility index (Phi) is 4.03. The van der Waals surface area contributed by atoms with Gasteiger partial charge in [-0.1, -0.05) is 28.9 Å². The summed E-state index contributed by atoms with van der Waals surface area (Å²) < 4.78 is 19.0. The van der Waals surface area contributed by atoms with Crippen LogP contribution in [0.5, 0.6) is 0 Å². The predicted molar refractivity (Wildman–Crippen MR) is 95.3 cm³/mol. The average molecular weight is 351 g/mol. The van der Waals surface area contributed by atoms with Crippen molar-refractivity contribution >= 4 is 11.6 Å². The number of aromatic nitrogens is 2. The molecule has 1 fully saturated rings. The van der Waals surface area contributed by atoms with Crippen LogP contribution < -0.4 is 4.90 Å². The summed E-state index contributed by atoms with van der Waals surface area (Å²) in [6.45, 7) is 4.27. The van der Waals surface area contributed by atoms with Gasteiger partial charge in [-0.3, -0.25) is 4.79 Å². The fraction of sp³-hybridized carbons (Fsp3) is 0.250. The molecule has 1 aromatic heterocycles. The Labute approximate surface area is 150 Å². The molecule has 1 aliphatic heterocycles. The number of carbonyl (C=O) groups is 1. The van der Waals surface area contributed by atoms with E-state index in [9.17, 15) is 9.18 Å². The second-order valence-corrected chi connectivity index (χ2v) is 6.66. The molecule has 132 valence electrons. The van der Waals surface area contributed by atoms with Crippen LogP contribution in [-0.4, -0.2) is 22.6 Å². The van der Waals surface area contributed by atoms with Crippen molar-refractivity contribution in [1.82, 2.24) is 10.1 Å². The minimum absolute atomic E-state index is 0.0643. The minimum atomic E-state index is -0.358. The molecule has 0 bridgehead atoms. The third kappa shape index (κ3) is 2.98. The van der Waals surface area contributed by atoms with Crippen LogP contribution in [0.3, 0.4) is 0 Å². The second-order valence-electron chi connectivity index (χ2n) is 6.66. The number of nitrogens with zero attached hydrogens (tertiary/aromatic N) is 3. The summed E-state index contributed by atoms with van der Waals surface area (Å²) in [5, 5.41) is 4.07. The molecule has 6 heteroatoms. The van der Waals surface area contributed by atoms with Gasteiger partial charge < -0.3 is 9.42 Å². The Morgan fingerprint density at radius 3 is 2.85 bits per heavy atom. The number of anilines is 1. The molecule has 1 aliphatic rings. The van der Waals surface area contributed by atoms with Crippen LogP contribution in [-0.2, 0) is 4.79 Å². The van der Waals surface area contributed by atoms with Crippen LogP contribution in [0.2, 0.25) is 0 Å². The van der Waals surface area contributed by atoms with Crippen molar-refractivity contribution in [3.8, 4) is 11.5 Å². The first-order valence-corrected chi connectivity index (χ1v) is 8.48. The van der Waals surface area contributed by atoms with Gasteiger partial charge in [0.25, 0.3) is 5.89 Å². The molecule has 0 radical (unpaired) electrons. The van der Waals surface area contributed by atoms with Crippen LogP contribution in [0.4, 0.5) is 10.1 Å². The number of rotatable bonds is 3. The highest BCUT2D eigenvalue weighted by molar-refractivity contribution is 5.97. The standard InChI is InChI=1S/C20H18FN3O2/c1-12-4-3-5-14(8-12)20-22-19(23-26-20)15-9-18(25)24(11-15)17-10-16(21)7-6-13(17)2/h3-8,10,15H,9,11H2,1-2H3. The lowest BCUT2D eigenvalue weighted by Crippen LogP contribution is -2.25. The molecule has 1 amide bonds. The molecular formula is C20H18FN3O2. The van der Waals surface area contributed by atoms with Crippen molar-refractivity contribution in [3.63, 3.8) is 0 Å². The maximum atomic E-state index is 13.6. The summed E-state index contributed by atoms with van der Waals surface area (Å²) >= 11 is 0. The third-order valence-electron chi connectivity index (χ3n) is 4.66. The molecule has 0 N–H and O–H groups in total.